The van der Waals surface area contributed by atoms with Gasteiger partial charge in [0.25, 0.3) is 0 Å². The van der Waals surface area contributed by atoms with E-state index in [9.17, 15) is 14.9 Å². The van der Waals surface area contributed by atoms with Crippen LogP contribution >= 0.6 is 0 Å². The van der Waals surface area contributed by atoms with Crippen LogP contribution in [0.1, 0.15) is 66.6 Å². The van der Waals surface area contributed by atoms with E-state index in [0.717, 1.165) is 38.8 Å². The summed E-state index contributed by atoms with van der Waals surface area (Å²) < 4.78 is 16.3. The summed E-state index contributed by atoms with van der Waals surface area (Å²) >= 11 is 0. The molecule has 1 aliphatic carbocycles. The Hall–Kier alpha value is -2.42. The summed E-state index contributed by atoms with van der Waals surface area (Å²) in [6.45, 7) is 8.75. The molecule has 1 saturated carbocycles. The Morgan fingerprint density at radius 1 is 1.13 bits per heavy atom. The molecule has 2 N–H and O–H groups in total. The Kier molecular flexibility index (Phi) is 12.8. The summed E-state index contributed by atoms with van der Waals surface area (Å²) in [6, 6.07) is 1.66. The third-order valence-corrected chi connectivity index (χ3v) is 7.72. The highest BCUT2D eigenvalue weighted by atomic mass is 16.6. The van der Waals surface area contributed by atoms with E-state index in [1.807, 2.05) is 11.9 Å². The van der Waals surface area contributed by atoms with Gasteiger partial charge < -0.3 is 29.3 Å². The van der Waals surface area contributed by atoms with Crippen LogP contribution < -0.4 is 10.6 Å². The number of ether oxygens (including phenoxy) is 3. The predicted octanol–water partition coefficient (Wildman–Crippen LogP) is 2.76. The monoisotopic (exact) mass is 550 g/mol. The fourth-order valence-electron chi connectivity index (χ4n) is 5.30. The van der Waals surface area contributed by atoms with Crippen molar-refractivity contribution in [1.82, 2.24) is 20.4 Å². The molecule has 2 aliphatic heterocycles. The number of aliphatic imine (C=N–C) groups is 1. The first kappa shape index (κ1) is 31.1. The van der Waals surface area contributed by atoms with E-state index in [2.05, 4.69) is 35.5 Å². The highest BCUT2D eigenvalue weighted by Crippen LogP contribution is 2.29. The van der Waals surface area contributed by atoms with E-state index in [-0.39, 0.29) is 13.9 Å². The Labute approximate surface area is 235 Å². The lowest BCUT2D eigenvalue weighted by atomic mass is 9.84. The van der Waals surface area contributed by atoms with Crippen molar-refractivity contribution >= 4 is 18.0 Å². The molecule has 2 saturated heterocycles. The lowest BCUT2D eigenvalue weighted by Crippen LogP contribution is -2.56. The molecule has 0 aromatic carbocycles. The lowest BCUT2D eigenvalue weighted by molar-refractivity contribution is -0.124. The summed E-state index contributed by atoms with van der Waals surface area (Å²) in [4.78, 5) is 35.4. The van der Waals surface area contributed by atoms with Crippen molar-refractivity contribution in [1.29, 1.82) is 5.26 Å². The molecule has 222 valence electrons. The summed E-state index contributed by atoms with van der Waals surface area (Å²) in [5.41, 5.74) is -0.897. The van der Waals surface area contributed by atoms with Gasteiger partial charge in [0.05, 0.1) is 25.9 Å². The Bertz CT molecular complexity index is 847. The van der Waals surface area contributed by atoms with Crippen LogP contribution in [0.2, 0.25) is 0 Å². The minimum atomic E-state index is -0.897. The summed E-state index contributed by atoms with van der Waals surface area (Å²) in [5, 5.41) is 15.9. The van der Waals surface area contributed by atoms with Gasteiger partial charge in [-0.3, -0.25) is 10.1 Å². The van der Waals surface area contributed by atoms with E-state index in [4.69, 9.17) is 19.2 Å². The largest absolute Gasteiger partial charge is 0.447 e. The number of carbonyl (C=O) groups excluding carboxylic acids is 2. The predicted molar refractivity (Wildman–Crippen MR) is 150 cm³/mol. The first-order valence-electron chi connectivity index (χ1n) is 14.6. The van der Waals surface area contributed by atoms with Crippen LogP contribution in [-0.2, 0) is 19.0 Å². The van der Waals surface area contributed by atoms with Gasteiger partial charge in [-0.05, 0) is 38.1 Å². The smallest absolute Gasteiger partial charge is 0.414 e. The van der Waals surface area contributed by atoms with Gasteiger partial charge in [0, 0.05) is 34.2 Å². The molecule has 2 amide bonds. The number of hydrogen-bond acceptors (Lipinski definition) is 8. The maximum Gasteiger partial charge on any atom is 0.414 e. The van der Waals surface area contributed by atoms with E-state index in [1.165, 1.54) is 6.42 Å². The molecule has 0 spiro atoms. The number of alkyl carbamates (subject to hydrolysis) is 1. The Morgan fingerprint density at radius 3 is 2.46 bits per heavy atom. The minimum absolute atomic E-state index is 0. The third-order valence-electron chi connectivity index (χ3n) is 7.72. The maximum absolute atomic E-state index is 13.7. The third kappa shape index (κ3) is 10.6. The van der Waals surface area contributed by atoms with Crippen molar-refractivity contribution in [3.05, 3.63) is 0 Å². The molecule has 0 aromatic rings. The number of rotatable bonds is 10. The molecule has 3 rings (SSSR count). The van der Waals surface area contributed by atoms with Gasteiger partial charge in [-0.15, -0.1) is 0 Å². The molecule has 0 aromatic heterocycles. The van der Waals surface area contributed by atoms with Gasteiger partial charge in [0.1, 0.15) is 18.2 Å². The second-order valence-corrected chi connectivity index (χ2v) is 11.5. The van der Waals surface area contributed by atoms with Gasteiger partial charge in [-0.1, -0.05) is 46.0 Å². The molecule has 39 heavy (non-hydrogen) atoms. The Morgan fingerprint density at radius 2 is 1.82 bits per heavy atom. The van der Waals surface area contributed by atoms with Gasteiger partial charge in [-0.2, -0.15) is 5.26 Å². The number of guanidine groups is 1. The zero-order chi connectivity index (χ0) is 28.1. The molecular weight excluding hydrogens is 500 g/mol. The summed E-state index contributed by atoms with van der Waals surface area (Å²) in [5.74, 6) is 0.844. The number of morpholine rings is 1. The average molecular weight is 551 g/mol. The van der Waals surface area contributed by atoms with Crippen LogP contribution in [0.25, 0.3) is 0 Å². The minimum Gasteiger partial charge on any atom is -0.447 e. The van der Waals surface area contributed by atoms with E-state index >= 15 is 0 Å². The van der Waals surface area contributed by atoms with Crippen LogP contribution in [-0.4, -0.2) is 106 Å². The van der Waals surface area contributed by atoms with Crippen LogP contribution in [0, 0.1) is 23.2 Å². The second kappa shape index (κ2) is 16.0. The van der Waals surface area contributed by atoms with Gasteiger partial charge in [-0.25, -0.2) is 9.79 Å². The molecular formula is C28H50N6O5. The first-order chi connectivity index (χ1) is 18.8. The number of piperidine rings is 1. The van der Waals surface area contributed by atoms with Crippen molar-refractivity contribution in [3.63, 3.8) is 0 Å². The van der Waals surface area contributed by atoms with Crippen LogP contribution in [0.3, 0.4) is 0 Å². The number of nitriles is 1. The zero-order valence-corrected chi connectivity index (χ0v) is 24.1. The highest BCUT2D eigenvalue weighted by molar-refractivity contribution is 5.96. The number of hydrogen-bond donors (Lipinski definition) is 2. The van der Waals surface area contributed by atoms with Crippen molar-refractivity contribution in [2.75, 3.05) is 66.3 Å². The van der Waals surface area contributed by atoms with E-state index in [1.54, 1.807) is 0 Å². The molecule has 3 aliphatic rings. The molecule has 11 nitrogen and oxygen atoms in total. The number of nitrogens with one attached hydrogen (secondary N) is 2. The SMILES string of the molecule is CC(C)COCCOC(=O)NC(=N[C@@H](CC1CCCCC1)C(=O)NC1(C#N)CCN(C)CC1)N1CCOCC1.[HH]. The van der Waals surface area contributed by atoms with Crippen molar-refractivity contribution in [2.45, 2.75) is 76.8 Å². The molecule has 0 bridgehead atoms. The number of likely N-dealkylation sites (tertiary alicyclic amines) is 1. The topological polar surface area (TPSA) is 129 Å². The number of nitrogens with zero attached hydrogens (tertiary/aromatic N) is 4. The molecule has 0 unspecified atom stereocenters. The summed E-state index contributed by atoms with van der Waals surface area (Å²) in [6.07, 6.45) is 6.74. The summed E-state index contributed by atoms with van der Waals surface area (Å²) in [7, 11) is 2.02. The normalized spacial score (nSPS) is 21.7. The molecule has 2 heterocycles. The van der Waals surface area contributed by atoms with E-state index < -0.39 is 17.7 Å². The first-order valence-corrected chi connectivity index (χ1v) is 14.6. The highest BCUT2D eigenvalue weighted by Gasteiger charge is 2.38. The fraction of sp³-hybridized carbons (Fsp3) is 0.857. The standard InChI is InChI=1S/C28H48N6O5.H2/c1-22(2)20-38-17-18-39-27(36)31-26(34-13-15-37-16-14-34)30-24(19-23-7-5-4-6-8-23)25(35)32-28(21-29)9-11-33(3)12-10-28;/h22-24H,4-20H2,1-3H3,(H,32,35)(H,30,31,36);1H/t24-;/m0./s1. The number of amides is 2. The number of carbonyl (C=O) groups is 2. The molecule has 3 fully saturated rings. The van der Waals surface area contributed by atoms with Crippen molar-refractivity contribution < 1.29 is 25.2 Å². The van der Waals surface area contributed by atoms with Crippen LogP contribution in [0.4, 0.5) is 4.79 Å². The van der Waals surface area contributed by atoms with Gasteiger partial charge in [0.2, 0.25) is 11.9 Å². The van der Waals surface area contributed by atoms with Gasteiger partial charge >= 0.3 is 6.09 Å². The van der Waals surface area contributed by atoms with Crippen molar-refractivity contribution in [2.24, 2.45) is 16.8 Å². The zero-order valence-electron chi connectivity index (χ0n) is 24.1. The quantitative estimate of drug-likeness (QED) is 0.241. The van der Waals surface area contributed by atoms with E-state index in [0.29, 0.717) is 76.6 Å². The fourth-order valence-corrected chi connectivity index (χ4v) is 5.30. The average Bonchev–Trinajstić information content (AvgIpc) is 2.94. The Balaban J connectivity index is 0.00000560. The maximum atomic E-state index is 13.7. The van der Waals surface area contributed by atoms with Crippen LogP contribution in [0.15, 0.2) is 4.99 Å². The molecule has 1 atom stereocenters. The second-order valence-electron chi connectivity index (χ2n) is 11.5. The van der Waals surface area contributed by atoms with Crippen LogP contribution in [0.5, 0.6) is 0 Å². The van der Waals surface area contributed by atoms with Gasteiger partial charge in [0.15, 0.2) is 0 Å². The molecule has 0 radical (unpaired) electrons. The molecule has 11 heteroatoms. The van der Waals surface area contributed by atoms with Crippen molar-refractivity contribution in [3.8, 4) is 6.07 Å². The lowest BCUT2D eigenvalue weighted by Gasteiger charge is -2.37.